The molecule has 1 saturated heterocycles. The summed E-state index contributed by atoms with van der Waals surface area (Å²) in [6.07, 6.45) is 0. The van der Waals surface area contributed by atoms with Gasteiger partial charge in [0, 0.05) is 29.3 Å². The minimum Gasteiger partial charge on any atom is -0.379 e. The van der Waals surface area contributed by atoms with E-state index in [2.05, 4.69) is 37.1 Å². The Bertz CT molecular complexity index is 565. The van der Waals surface area contributed by atoms with Gasteiger partial charge in [0.05, 0.1) is 18.8 Å². The number of Topliss-reactive ketones (excluding diaryl/α,β-unsaturated/α-hetero) is 1. The van der Waals surface area contributed by atoms with Crippen LogP contribution in [-0.4, -0.2) is 59.8 Å². The van der Waals surface area contributed by atoms with Gasteiger partial charge in [-0.2, -0.15) is 25.3 Å². The Hall–Kier alpha value is -0.140. The molecule has 1 aliphatic heterocycles. The van der Waals surface area contributed by atoms with E-state index in [-0.39, 0.29) is 11.2 Å². The lowest BCUT2D eigenvalue weighted by molar-refractivity contribution is -0.00430. The first-order valence-corrected chi connectivity index (χ1v) is 10.9. The highest BCUT2D eigenvalue weighted by atomic mass is 32.2. The highest BCUT2D eigenvalue weighted by molar-refractivity contribution is 7.99. The first-order valence-electron chi connectivity index (χ1n) is 8.64. The number of ketones is 1. The lowest BCUT2D eigenvalue weighted by atomic mass is 9.91. The first-order chi connectivity index (χ1) is 11.8. The third-order valence-corrected chi connectivity index (χ3v) is 7.80. The largest absolute Gasteiger partial charge is 0.379 e. The van der Waals surface area contributed by atoms with Crippen LogP contribution in [0.3, 0.4) is 0 Å². The summed E-state index contributed by atoms with van der Waals surface area (Å²) in [5, 5.41) is 0. The molecule has 25 heavy (non-hydrogen) atoms. The average Bonchev–Trinajstić information content (AvgIpc) is 2.66. The summed E-state index contributed by atoms with van der Waals surface area (Å²) in [5.74, 6) is 2.76. The van der Waals surface area contributed by atoms with Crippen LogP contribution in [-0.2, 0) is 4.74 Å². The number of rotatable bonds is 8. The maximum absolute atomic E-state index is 13.0. The van der Waals surface area contributed by atoms with Gasteiger partial charge < -0.3 is 4.74 Å². The van der Waals surface area contributed by atoms with Gasteiger partial charge in [-0.15, -0.1) is 11.8 Å². The number of thiol groups is 2. The van der Waals surface area contributed by atoms with Crippen LogP contribution in [0.15, 0.2) is 29.2 Å². The Morgan fingerprint density at radius 3 is 2.20 bits per heavy atom. The molecule has 0 unspecified atom stereocenters. The smallest absolute Gasteiger partial charge is 0.182 e. The van der Waals surface area contributed by atoms with Gasteiger partial charge in [-0.1, -0.05) is 19.1 Å². The minimum absolute atomic E-state index is 0.115. The molecule has 0 aliphatic carbocycles. The molecule has 140 valence electrons. The molecule has 1 aromatic carbocycles. The normalized spacial score (nSPS) is 16.8. The third kappa shape index (κ3) is 5.42. The van der Waals surface area contributed by atoms with Crippen molar-refractivity contribution in [2.24, 2.45) is 5.41 Å². The highest BCUT2D eigenvalue weighted by Crippen LogP contribution is 2.31. The standard InChI is InChI=1S/C19H29NO2S3/c1-18(2,20-8-10-22-11-9-20)17(21)15-4-6-16(7-5-15)25-14-19(3,12-23)13-24/h4-7,23-24H,8-14H2,1-3H3. The summed E-state index contributed by atoms with van der Waals surface area (Å²) in [7, 11) is 0. The van der Waals surface area contributed by atoms with Crippen molar-refractivity contribution in [2.75, 3.05) is 43.6 Å². The van der Waals surface area contributed by atoms with Crippen LogP contribution in [0, 0.1) is 5.41 Å². The molecular formula is C19H29NO2S3. The number of morpholine rings is 1. The second-order valence-corrected chi connectivity index (χ2v) is 9.11. The van der Waals surface area contributed by atoms with E-state index >= 15 is 0 Å². The van der Waals surface area contributed by atoms with E-state index in [0.717, 1.165) is 35.9 Å². The predicted octanol–water partition coefficient (Wildman–Crippen LogP) is 3.94. The molecule has 1 aliphatic rings. The van der Waals surface area contributed by atoms with Gasteiger partial charge >= 0.3 is 0 Å². The molecule has 0 N–H and O–H groups in total. The molecule has 0 bridgehead atoms. The van der Waals surface area contributed by atoms with E-state index < -0.39 is 5.54 Å². The maximum atomic E-state index is 13.0. The van der Waals surface area contributed by atoms with E-state index in [1.807, 2.05) is 38.1 Å². The minimum atomic E-state index is -0.505. The van der Waals surface area contributed by atoms with Gasteiger partial charge in [0.1, 0.15) is 0 Å². The molecular weight excluding hydrogens is 370 g/mol. The van der Waals surface area contributed by atoms with Crippen molar-refractivity contribution >= 4 is 42.8 Å². The van der Waals surface area contributed by atoms with Crippen molar-refractivity contribution < 1.29 is 9.53 Å². The van der Waals surface area contributed by atoms with Gasteiger partial charge in [-0.3, -0.25) is 9.69 Å². The summed E-state index contributed by atoms with van der Waals surface area (Å²) < 4.78 is 5.40. The highest BCUT2D eigenvalue weighted by Gasteiger charge is 2.35. The van der Waals surface area contributed by atoms with Gasteiger partial charge in [0.15, 0.2) is 5.78 Å². The van der Waals surface area contributed by atoms with Gasteiger partial charge in [0.25, 0.3) is 0 Å². The Labute approximate surface area is 167 Å². The van der Waals surface area contributed by atoms with Crippen molar-refractivity contribution in [3.05, 3.63) is 29.8 Å². The Morgan fingerprint density at radius 1 is 1.12 bits per heavy atom. The van der Waals surface area contributed by atoms with E-state index in [0.29, 0.717) is 13.2 Å². The first kappa shape index (κ1) is 21.2. The van der Waals surface area contributed by atoms with Crippen molar-refractivity contribution in [2.45, 2.75) is 31.2 Å². The number of nitrogens with zero attached hydrogens (tertiary/aromatic N) is 1. The molecule has 1 aromatic rings. The van der Waals surface area contributed by atoms with Crippen molar-refractivity contribution in [1.82, 2.24) is 4.90 Å². The Balaban J connectivity index is 2.02. The molecule has 2 rings (SSSR count). The summed E-state index contributed by atoms with van der Waals surface area (Å²) in [6, 6.07) is 7.99. The summed E-state index contributed by atoms with van der Waals surface area (Å²) in [5.41, 5.74) is 0.380. The summed E-state index contributed by atoms with van der Waals surface area (Å²) >= 11 is 10.7. The number of benzene rings is 1. The number of carbonyl (C=O) groups excluding carboxylic acids is 1. The van der Waals surface area contributed by atoms with Crippen LogP contribution in [0.25, 0.3) is 0 Å². The fraction of sp³-hybridized carbons (Fsp3) is 0.632. The van der Waals surface area contributed by atoms with Crippen molar-refractivity contribution in [3.63, 3.8) is 0 Å². The Kier molecular flexibility index (Phi) is 7.77. The summed E-state index contributed by atoms with van der Waals surface area (Å²) in [4.78, 5) is 16.4. The zero-order valence-electron chi connectivity index (χ0n) is 15.3. The van der Waals surface area contributed by atoms with Gasteiger partial charge in [-0.25, -0.2) is 0 Å². The van der Waals surface area contributed by atoms with Crippen molar-refractivity contribution in [3.8, 4) is 0 Å². The number of ether oxygens (including phenoxy) is 1. The second kappa shape index (κ2) is 9.18. The molecule has 3 nitrogen and oxygen atoms in total. The molecule has 1 heterocycles. The average molecular weight is 400 g/mol. The number of hydrogen-bond acceptors (Lipinski definition) is 6. The quantitative estimate of drug-likeness (QED) is 0.394. The number of thioether (sulfide) groups is 1. The zero-order chi connectivity index (χ0) is 18.5. The SMILES string of the molecule is CC(CS)(CS)CSc1ccc(C(=O)C(C)(C)N2CCOCC2)cc1. The lowest BCUT2D eigenvalue weighted by Gasteiger charge is -2.39. The monoisotopic (exact) mass is 399 g/mol. The lowest BCUT2D eigenvalue weighted by Crippen LogP contribution is -2.54. The number of carbonyl (C=O) groups is 1. The van der Waals surface area contributed by atoms with Crippen LogP contribution in [0.4, 0.5) is 0 Å². The molecule has 0 radical (unpaired) electrons. The molecule has 0 amide bonds. The van der Waals surface area contributed by atoms with E-state index in [1.54, 1.807) is 11.8 Å². The van der Waals surface area contributed by atoms with Crippen LogP contribution in [0.2, 0.25) is 0 Å². The zero-order valence-corrected chi connectivity index (χ0v) is 17.9. The Morgan fingerprint density at radius 2 is 1.68 bits per heavy atom. The van der Waals surface area contributed by atoms with E-state index in [4.69, 9.17) is 4.74 Å². The predicted molar refractivity (Wildman–Crippen MR) is 114 cm³/mol. The van der Waals surface area contributed by atoms with Gasteiger partial charge in [0.2, 0.25) is 0 Å². The fourth-order valence-corrected chi connectivity index (χ4v) is 4.69. The molecule has 0 spiro atoms. The van der Waals surface area contributed by atoms with Crippen LogP contribution in [0.1, 0.15) is 31.1 Å². The molecule has 0 atom stereocenters. The molecule has 6 heteroatoms. The number of hydrogen-bond donors (Lipinski definition) is 2. The van der Waals surface area contributed by atoms with Crippen LogP contribution >= 0.6 is 37.0 Å². The summed E-state index contributed by atoms with van der Waals surface area (Å²) in [6.45, 7) is 9.21. The fourth-order valence-electron chi connectivity index (χ4n) is 2.72. The second-order valence-electron chi connectivity index (χ2n) is 7.43. The van der Waals surface area contributed by atoms with Gasteiger partial charge in [-0.05, 0) is 42.9 Å². The van der Waals surface area contributed by atoms with Crippen molar-refractivity contribution in [1.29, 1.82) is 0 Å². The molecule has 0 saturated carbocycles. The third-order valence-electron chi connectivity index (χ3n) is 4.82. The molecule has 1 fully saturated rings. The topological polar surface area (TPSA) is 29.5 Å². The van der Waals surface area contributed by atoms with Crippen LogP contribution < -0.4 is 0 Å². The molecule has 0 aromatic heterocycles. The maximum Gasteiger partial charge on any atom is 0.182 e. The van der Waals surface area contributed by atoms with Crippen LogP contribution in [0.5, 0.6) is 0 Å². The van der Waals surface area contributed by atoms with E-state index in [9.17, 15) is 4.79 Å². The van der Waals surface area contributed by atoms with E-state index in [1.165, 1.54) is 4.90 Å².